The number of allylic oxidation sites excluding steroid dienone is 1. The van der Waals surface area contributed by atoms with E-state index in [0.717, 1.165) is 13.0 Å². The second-order valence-corrected chi connectivity index (χ2v) is 3.29. The van der Waals surface area contributed by atoms with Crippen molar-refractivity contribution in [1.82, 2.24) is 4.98 Å². The molecule has 0 spiro atoms. The van der Waals surface area contributed by atoms with E-state index in [9.17, 15) is 0 Å². The van der Waals surface area contributed by atoms with Crippen molar-refractivity contribution in [3.8, 4) is 0 Å². The van der Waals surface area contributed by atoms with Gasteiger partial charge in [0.2, 0.25) is 0 Å². The van der Waals surface area contributed by atoms with Crippen LogP contribution in [0.15, 0.2) is 24.4 Å². The lowest BCUT2D eigenvalue weighted by Gasteiger charge is -2.05. The number of nitrogens with zero attached hydrogens (tertiary/aromatic N) is 1. The second kappa shape index (κ2) is 5.50. The standard InChI is InChI=1S/C10H14ClN3/c1-2-3-4-5-13-10-9(11)6-8(12)7-14-10/h2-3,6-7H,4-5,12H2,1H3,(H,13,14)/b3-2+. The molecule has 0 amide bonds. The van der Waals surface area contributed by atoms with Crippen LogP contribution in [-0.4, -0.2) is 11.5 Å². The predicted molar refractivity (Wildman–Crippen MR) is 61.6 cm³/mol. The SMILES string of the molecule is C/C=C/CCNc1ncc(N)cc1Cl. The number of nitrogen functional groups attached to an aromatic ring is 1. The average Bonchev–Trinajstić information content (AvgIpc) is 2.15. The monoisotopic (exact) mass is 211 g/mol. The van der Waals surface area contributed by atoms with Gasteiger partial charge in [-0.1, -0.05) is 23.8 Å². The molecule has 0 saturated heterocycles. The highest BCUT2D eigenvalue weighted by atomic mass is 35.5. The molecule has 0 aliphatic heterocycles. The second-order valence-electron chi connectivity index (χ2n) is 2.88. The van der Waals surface area contributed by atoms with E-state index in [2.05, 4.69) is 16.4 Å². The molecule has 3 nitrogen and oxygen atoms in total. The van der Waals surface area contributed by atoms with Crippen molar-refractivity contribution in [1.29, 1.82) is 0 Å². The summed E-state index contributed by atoms with van der Waals surface area (Å²) in [6.45, 7) is 2.81. The quantitative estimate of drug-likeness (QED) is 0.595. The predicted octanol–water partition coefficient (Wildman–Crippen LogP) is 2.70. The van der Waals surface area contributed by atoms with Gasteiger partial charge in [0.05, 0.1) is 16.9 Å². The Morgan fingerprint density at radius 2 is 2.43 bits per heavy atom. The van der Waals surface area contributed by atoms with Crippen molar-refractivity contribution >= 4 is 23.1 Å². The number of halogens is 1. The fourth-order valence-corrected chi connectivity index (χ4v) is 1.26. The number of nitrogens with one attached hydrogen (secondary N) is 1. The van der Waals surface area contributed by atoms with Crippen LogP contribution in [0.2, 0.25) is 5.02 Å². The first-order valence-corrected chi connectivity index (χ1v) is 4.88. The molecule has 0 bridgehead atoms. The van der Waals surface area contributed by atoms with Crippen LogP contribution >= 0.6 is 11.6 Å². The topological polar surface area (TPSA) is 50.9 Å². The van der Waals surface area contributed by atoms with E-state index in [4.69, 9.17) is 17.3 Å². The van der Waals surface area contributed by atoms with E-state index in [-0.39, 0.29) is 0 Å². The first-order valence-electron chi connectivity index (χ1n) is 4.50. The van der Waals surface area contributed by atoms with Gasteiger partial charge in [0, 0.05) is 6.54 Å². The maximum Gasteiger partial charge on any atom is 0.144 e. The Bertz CT molecular complexity index is 323. The van der Waals surface area contributed by atoms with E-state index in [1.165, 1.54) is 0 Å². The Balaban J connectivity index is 2.50. The lowest BCUT2D eigenvalue weighted by atomic mass is 10.3. The Kier molecular flexibility index (Phi) is 4.26. The molecule has 0 aliphatic carbocycles. The molecule has 4 heteroatoms. The molecular formula is C10H14ClN3. The molecule has 1 rings (SSSR count). The van der Waals surface area contributed by atoms with Gasteiger partial charge in [-0.3, -0.25) is 0 Å². The van der Waals surface area contributed by atoms with Gasteiger partial charge in [-0.25, -0.2) is 4.98 Å². The summed E-state index contributed by atoms with van der Waals surface area (Å²) in [6.07, 6.45) is 6.64. The Morgan fingerprint density at radius 1 is 1.64 bits per heavy atom. The normalized spacial score (nSPS) is 10.7. The van der Waals surface area contributed by atoms with Crippen LogP contribution in [0.1, 0.15) is 13.3 Å². The van der Waals surface area contributed by atoms with E-state index >= 15 is 0 Å². The summed E-state index contributed by atoms with van der Waals surface area (Å²) in [7, 11) is 0. The van der Waals surface area contributed by atoms with Gasteiger partial charge >= 0.3 is 0 Å². The molecule has 1 aromatic heterocycles. The summed E-state index contributed by atoms with van der Waals surface area (Å²) in [4.78, 5) is 4.08. The molecule has 1 aromatic rings. The highest BCUT2D eigenvalue weighted by molar-refractivity contribution is 6.33. The van der Waals surface area contributed by atoms with Gasteiger partial charge in [-0.2, -0.15) is 0 Å². The molecule has 0 atom stereocenters. The molecule has 0 unspecified atom stereocenters. The summed E-state index contributed by atoms with van der Waals surface area (Å²) in [5.41, 5.74) is 6.10. The Labute approximate surface area is 89.0 Å². The molecule has 0 saturated carbocycles. The molecule has 0 radical (unpaired) electrons. The number of aromatic nitrogens is 1. The van der Waals surface area contributed by atoms with Crippen molar-refractivity contribution in [2.45, 2.75) is 13.3 Å². The molecule has 14 heavy (non-hydrogen) atoms. The lowest BCUT2D eigenvalue weighted by molar-refractivity contribution is 1.05. The molecule has 1 heterocycles. The van der Waals surface area contributed by atoms with Gasteiger partial charge in [-0.15, -0.1) is 0 Å². The highest BCUT2D eigenvalue weighted by Gasteiger charge is 1.99. The van der Waals surface area contributed by atoms with Gasteiger partial charge in [0.1, 0.15) is 5.82 Å². The lowest BCUT2D eigenvalue weighted by Crippen LogP contribution is -2.03. The summed E-state index contributed by atoms with van der Waals surface area (Å²) < 4.78 is 0. The van der Waals surface area contributed by atoms with Crippen LogP contribution in [0.4, 0.5) is 11.5 Å². The fraction of sp³-hybridized carbons (Fsp3) is 0.300. The fourth-order valence-electron chi connectivity index (χ4n) is 1.02. The Morgan fingerprint density at radius 3 is 3.07 bits per heavy atom. The summed E-state index contributed by atoms with van der Waals surface area (Å²) in [5, 5.41) is 3.69. The van der Waals surface area contributed by atoms with Crippen molar-refractivity contribution in [2.24, 2.45) is 0 Å². The maximum absolute atomic E-state index is 5.92. The van der Waals surface area contributed by atoms with Gasteiger partial charge in [0.25, 0.3) is 0 Å². The van der Waals surface area contributed by atoms with Gasteiger partial charge in [0.15, 0.2) is 0 Å². The van der Waals surface area contributed by atoms with Gasteiger partial charge in [-0.05, 0) is 19.4 Å². The number of hydrogen-bond donors (Lipinski definition) is 2. The molecular weight excluding hydrogens is 198 g/mol. The van der Waals surface area contributed by atoms with Gasteiger partial charge < -0.3 is 11.1 Å². The minimum atomic E-state index is 0.561. The van der Waals surface area contributed by atoms with Crippen LogP contribution in [0.5, 0.6) is 0 Å². The number of hydrogen-bond acceptors (Lipinski definition) is 3. The van der Waals surface area contributed by atoms with E-state index in [1.807, 2.05) is 13.0 Å². The van der Waals surface area contributed by atoms with E-state index in [0.29, 0.717) is 16.5 Å². The van der Waals surface area contributed by atoms with E-state index in [1.54, 1.807) is 12.3 Å². The van der Waals surface area contributed by atoms with Crippen molar-refractivity contribution < 1.29 is 0 Å². The molecule has 76 valence electrons. The summed E-state index contributed by atoms with van der Waals surface area (Å²) in [5.74, 6) is 0.686. The van der Waals surface area contributed by atoms with E-state index < -0.39 is 0 Å². The number of pyridine rings is 1. The third-order valence-electron chi connectivity index (χ3n) is 1.70. The largest absolute Gasteiger partial charge is 0.397 e. The van der Waals surface area contributed by atoms with Crippen LogP contribution in [0, 0.1) is 0 Å². The Hall–Kier alpha value is -1.22. The maximum atomic E-state index is 5.92. The first-order chi connectivity index (χ1) is 6.74. The van der Waals surface area contributed by atoms with Crippen molar-refractivity contribution in [3.05, 3.63) is 29.4 Å². The highest BCUT2D eigenvalue weighted by Crippen LogP contribution is 2.20. The number of nitrogens with two attached hydrogens (primary N) is 1. The van der Waals surface area contributed by atoms with Crippen LogP contribution in [0.3, 0.4) is 0 Å². The molecule has 0 aromatic carbocycles. The molecule has 3 N–H and O–H groups in total. The minimum absolute atomic E-state index is 0.561. The van der Waals surface area contributed by atoms with Crippen LogP contribution in [0.25, 0.3) is 0 Å². The average molecular weight is 212 g/mol. The van der Waals surface area contributed by atoms with Crippen molar-refractivity contribution in [2.75, 3.05) is 17.6 Å². The zero-order chi connectivity index (χ0) is 10.4. The minimum Gasteiger partial charge on any atom is -0.397 e. The number of anilines is 2. The first kappa shape index (κ1) is 10.9. The third kappa shape index (κ3) is 3.26. The zero-order valence-electron chi connectivity index (χ0n) is 8.13. The molecule has 0 aliphatic rings. The molecule has 0 fully saturated rings. The van der Waals surface area contributed by atoms with Crippen LogP contribution in [-0.2, 0) is 0 Å². The summed E-state index contributed by atoms with van der Waals surface area (Å²) >= 11 is 5.92. The zero-order valence-corrected chi connectivity index (χ0v) is 8.88. The van der Waals surface area contributed by atoms with Crippen molar-refractivity contribution in [3.63, 3.8) is 0 Å². The summed E-state index contributed by atoms with van der Waals surface area (Å²) in [6, 6.07) is 1.69. The number of rotatable bonds is 4. The van der Waals surface area contributed by atoms with Crippen LogP contribution < -0.4 is 11.1 Å². The smallest absolute Gasteiger partial charge is 0.144 e. The third-order valence-corrected chi connectivity index (χ3v) is 1.99.